The Balaban J connectivity index is 1.50. The number of nitrogens with zero attached hydrogens (tertiary/aromatic N) is 2. The van der Waals surface area contributed by atoms with Gasteiger partial charge in [0.2, 0.25) is 0 Å². The average molecular weight is 370 g/mol. The van der Waals surface area contributed by atoms with Crippen LogP contribution in [0.1, 0.15) is 45.1 Å². The van der Waals surface area contributed by atoms with Gasteiger partial charge in [0, 0.05) is 31.5 Å². The molecule has 2 aromatic rings. The van der Waals surface area contributed by atoms with Crippen LogP contribution < -0.4 is 4.74 Å². The van der Waals surface area contributed by atoms with Crippen LogP contribution in [-0.4, -0.2) is 34.9 Å². The van der Waals surface area contributed by atoms with Gasteiger partial charge in [-0.05, 0) is 68.9 Å². The Morgan fingerprint density at radius 3 is 2.59 bits per heavy atom. The topological polar surface area (TPSA) is 70.5 Å². The molecule has 0 saturated carbocycles. The molecule has 0 aliphatic carbocycles. The van der Waals surface area contributed by atoms with E-state index in [0.717, 1.165) is 43.4 Å². The summed E-state index contributed by atoms with van der Waals surface area (Å²) in [6.45, 7) is 4.26. The van der Waals surface area contributed by atoms with Gasteiger partial charge < -0.3 is 14.2 Å². The first-order valence-corrected chi connectivity index (χ1v) is 9.47. The minimum absolute atomic E-state index is 0.0534. The summed E-state index contributed by atoms with van der Waals surface area (Å²) in [5.41, 5.74) is 1.96. The lowest BCUT2D eigenvalue weighted by Gasteiger charge is -2.26. The van der Waals surface area contributed by atoms with E-state index in [-0.39, 0.29) is 18.4 Å². The first-order chi connectivity index (χ1) is 13.1. The summed E-state index contributed by atoms with van der Waals surface area (Å²) in [5, 5.41) is 0. The molecule has 6 nitrogen and oxygen atoms in total. The third kappa shape index (κ3) is 6.12. The van der Waals surface area contributed by atoms with Crippen molar-refractivity contribution in [2.45, 2.75) is 58.3 Å². The molecule has 0 N–H and O–H groups in total. The summed E-state index contributed by atoms with van der Waals surface area (Å²) in [5.74, 6) is 0.823. The first kappa shape index (κ1) is 19.5. The number of rotatable bonds is 7. The number of esters is 1. The Bertz CT molecular complexity index is 725. The molecule has 0 bridgehead atoms. The fourth-order valence-electron chi connectivity index (χ4n) is 2.99. The molecule has 1 aliphatic rings. The fraction of sp³-hybridized carbons (Fsp3) is 0.476. The number of hydrogen-bond donors (Lipinski definition) is 0. The largest absolute Gasteiger partial charge is 0.427 e. The Morgan fingerprint density at radius 2 is 1.96 bits per heavy atom. The summed E-state index contributed by atoms with van der Waals surface area (Å²) in [4.78, 5) is 19.9. The van der Waals surface area contributed by atoms with E-state index in [1.54, 1.807) is 12.1 Å². The van der Waals surface area contributed by atoms with Crippen LogP contribution in [0.15, 0.2) is 36.7 Å². The molecule has 0 amide bonds. The molecule has 1 aromatic heterocycles. The van der Waals surface area contributed by atoms with Gasteiger partial charge >= 0.3 is 5.97 Å². The van der Waals surface area contributed by atoms with E-state index in [2.05, 4.69) is 16.9 Å². The molecule has 2 atom stereocenters. The van der Waals surface area contributed by atoms with E-state index in [4.69, 9.17) is 14.2 Å². The molecule has 0 radical (unpaired) electrons. The lowest BCUT2D eigenvalue weighted by molar-refractivity contribution is -0.185. The summed E-state index contributed by atoms with van der Waals surface area (Å²) < 4.78 is 16.6. The minimum Gasteiger partial charge on any atom is -0.427 e. The highest BCUT2D eigenvalue weighted by Gasteiger charge is 2.17. The van der Waals surface area contributed by atoms with Crippen LogP contribution in [0.5, 0.6) is 5.75 Å². The van der Waals surface area contributed by atoms with Crippen molar-refractivity contribution >= 4 is 5.97 Å². The molecule has 0 spiro atoms. The Kier molecular flexibility index (Phi) is 6.90. The highest BCUT2D eigenvalue weighted by Crippen LogP contribution is 2.20. The second-order valence-corrected chi connectivity index (χ2v) is 6.81. The van der Waals surface area contributed by atoms with E-state index < -0.39 is 0 Å². The molecule has 2 unspecified atom stereocenters. The van der Waals surface area contributed by atoms with E-state index >= 15 is 0 Å². The van der Waals surface area contributed by atoms with Gasteiger partial charge in [0.25, 0.3) is 0 Å². The van der Waals surface area contributed by atoms with E-state index in [0.29, 0.717) is 11.6 Å². The van der Waals surface area contributed by atoms with Gasteiger partial charge in [-0.2, -0.15) is 0 Å². The van der Waals surface area contributed by atoms with E-state index in [1.165, 1.54) is 13.3 Å². The lowest BCUT2D eigenvalue weighted by atomic mass is 10.1. The number of aryl methyl sites for hydroxylation is 1. The molecule has 144 valence electrons. The van der Waals surface area contributed by atoms with Crippen molar-refractivity contribution in [1.82, 2.24) is 9.97 Å². The minimum atomic E-state index is -0.336. The maximum Gasteiger partial charge on any atom is 0.308 e. The summed E-state index contributed by atoms with van der Waals surface area (Å²) >= 11 is 0. The first-order valence-electron chi connectivity index (χ1n) is 9.47. The highest BCUT2D eigenvalue weighted by atomic mass is 16.7. The number of ether oxygens (including phenoxy) is 3. The molecule has 27 heavy (non-hydrogen) atoms. The average Bonchev–Trinajstić information content (AvgIpc) is 2.68. The smallest absolute Gasteiger partial charge is 0.308 e. The lowest BCUT2D eigenvalue weighted by Crippen LogP contribution is -2.26. The maximum atomic E-state index is 11.0. The second-order valence-electron chi connectivity index (χ2n) is 6.81. The standard InChI is InChI=1S/C21H26N2O4/c1-15(26-20-5-3-4-12-25-20)6-7-17-13-22-21(23-14-17)18-8-10-19(11-9-18)27-16(2)24/h8-11,13-15,20H,3-7,12H2,1-2H3. The summed E-state index contributed by atoms with van der Waals surface area (Å²) in [7, 11) is 0. The van der Waals surface area contributed by atoms with Crippen LogP contribution in [0.3, 0.4) is 0 Å². The van der Waals surface area contributed by atoms with E-state index in [9.17, 15) is 4.79 Å². The normalized spacial score (nSPS) is 18.1. The molecule has 2 heterocycles. The van der Waals surface area contributed by atoms with Crippen LogP contribution in [0.4, 0.5) is 0 Å². The van der Waals surface area contributed by atoms with Crippen molar-refractivity contribution in [2.24, 2.45) is 0 Å². The van der Waals surface area contributed by atoms with Crippen molar-refractivity contribution < 1.29 is 19.0 Å². The second kappa shape index (κ2) is 9.58. The number of carbonyl (C=O) groups is 1. The molecule has 1 aromatic carbocycles. The third-order valence-corrected chi connectivity index (χ3v) is 4.44. The van der Waals surface area contributed by atoms with Crippen LogP contribution in [0, 0.1) is 0 Å². The summed E-state index contributed by atoms with van der Waals surface area (Å²) in [6.07, 6.45) is 8.85. The molecule has 1 saturated heterocycles. The zero-order chi connectivity index (χ0) is 19.1. The van der Waals surface area contributed by atoms with Gasteiger partial charge in [0.1, 0.15) is 5.75 Å². The maximum absolute atomic E-state index is 11.0. The zero-order valence-corrected chi connectivity index (χ0v) is 15.9. The number of aromatic nitrogens is 2. The van der Waals surface area contributed by atoms with Gasteiger partial charge in [-0.25, -0.2) is 9.97 Å². The van der Waals surface area contributed by atoms with E-state index in [1.807, 2.05) is 24.5 Å². The highest BCUT2D eigenvalue weighted by molar-refractivity contribution is 5.69. The van der Waals surface area contributed by atoms with Crippen molar-refractivity contribution in [3.05, 3.63) is 42.2 Å². The van der Waals surface area contributed by atoms with Crippen LogP contribution in [-0.2, 0) is 20.7 Å². The zero-order valence-electron chi connectivity index (χ0n) is 15.9. The Hall–Kier alpha value is -2.31. The molecule has 6 heteroatoms. The van der Waals surface area contributed by atoms with Crippen molar-refractivity contribution in [3.63, 3.8) is 0 Å². The summed E-state index contributed by atoms with van der Waals surface area (Å²) in [6, 6.07) is 7.15. The van der Waals surface area contributed by atoms with Gasteiger partial charge in [-0.3, -0.25) is 4.79 Å². The third-order valence-electron chi connectivity index (χ3n) is 4.44. The monoisotopic (exact) mass is 370 g/mol. The van der Waals surface area contributed by atoms with Gasteiger partial charge in [0.05, 0.1) is 6.10 Å². The fourth-order valence-corrected chi connectivity index (χ4v) is 2.99. The van der Waals surface area contributed by atoms with Crippen LogP contribution in [0.2, 0.25) is 0 Å². The van der Waals surface area contributed by atoms with Crippen LogP contribution in [0.25, 0.3) is 11.4 Å². The number of carbonyl (C=O) groups excluding carboxylic acids is 1. The van der Waals surface area contributed by atoms with Gasteiger partial charge in [-0.1, -0.05) is 0 Å². The SMILES string of the molecule is CC(=O)Oc1ccc(-c2ncc(CCC(C)OC3CCCCO3)cn2)cc1. The Morgan fingerprint density at radius 1 is 1.22 bits per heavy atom. The van der Waals surface area contributed by atoms with Crippen molar-refractivity contribution in [1.29, 1.82) is 0 Å². The van der Waals surface area contributed by atoms with Crippen molar-refractivity contribution in [2.75, 3.05) is 6.61 Å². The number of hydrogen-bond acceptors (Lipinski definition) is 6. The molecular weight excluding hydrogens is 344 g/mol. The predicted octanol–water partition coefficient (Wildman–Crippen LogP) is 3.93. The predicted molar refractivity (Wildman–Crippen MR) is 101 cm³/mol. The Labute approximate surface area is 159 Å². The molecule has 1 aliphatic heterocycles. The quantitative estimate of drug-likeness (QED) is 0.543. The van der Waals surface area contributed by atoms with Gasteiger partial charge in [0.15, 0.2) is 12.1 Å². The molecular formula is C21H26N2O4. The van der Waals surface area contributed by atoms with Gasteiger partial charge in [-0.15, -0.1) is 0 Å². The molecule has 3 rings (SSSR count). The molecule has 1 fully saturated rings. The van der Waals surface area contributed by atoms with Crippen LogP contribution >= 0.6 is 0 Å². The van der Waals surface area contributed by atoms with Crippen molar-refractivity contribution in [3.8, 4) is 17.1 Å². The number of benzene rings is 1.